The summed E-state index contributed by atoms with van der Waals surface area (Å²) in [5, 5.41) is 2.67. The van der Waals surface area contributed by atoms with Crippen LogP contribution in [0.5, 0.6) is 0 Å². The van der Waals surface area contributed by atoms with Crippen molar-refractivity contribution in [2.75, 3.05) is 25.5 Å². The zero-order chi connectivity index (χ0) is 14.3. The van der Waals surface area contributed by atoms with E-state index in [9.17, 15) is 9.59 Å². The molecule has 0 atom stereocenters. The van der Waals surface area contributed by atoms with Gasteiger partial charge in [-0.3, -0.25) is 9.59 Å². The highest BCUT2D eigenvalue weighted by Crippen LogP contribution is 2.13. The standard InChI is InChI=1S/C14H21N3O2/c1-17(2)12-6-3-11(4-7-12)5-8-14(19)16-10-9-13(15)18/h3-4,6-7H,5,8-10H2,1-2H3,(H2,15,18)(H,16,19). The predicted molar refractivity (Wildman–Crippen MR) is 75.9 cm³/mol. The second kappa shape index (κ2) is 7.41. The molecule has 2 amide bonds. The van der Waals surface area contributed by atoms with Gasteiger partial charge in [0.2, 0.25) is 11.8 Å². The summed E-state index contributed by atoms with van der Waals surface area (Å²) in [4.78, 5) is 24.0. The maximum Gasteiger partial charge on any atom is 0.220 e. The Morgan fingerprint density at radius 1 is 1.16 bits per heavy atom. The molecule has 1 aromatic carbocycles. The number of hydrogen-bond donors (Lipinski definition) is 2. The van der Waals surface area contributed by atoms with Crippen LogP contribution in [-0.2, 0) is 16.0 Å². The molecule has 0 aromatic heterocycles. The van der Waals surface area contributed by atoms with Crippen molar-refractivity contribution in [3.05, 3.63) is 29.8 Å². The molecule has 1 rings (SSSR count). The highest BCUT2D eigenvalue weighted by molar-refractivity contribution is 5.78. The minimum absolute atomic E-state index is 0.0575. The summed E-state index contributed by atoms with van der Waals surface area (Å²) in [5.41, 5.74) is 7.24. The van der Waals surface area contributed by atoms with Gasteiger partial charge in [0, 0.05) is 39.2 Å². The Bertz CT molecular complexity index is 427. The number of carbonyl (C=O) groups is 2. The Morgan fingerprint density at radius 2 is 1.79 bits per heavy atom. The lowest BCUT2D eigenvalue weighted by Crippen LogP contribution is -2.27. The van der Waals surface area contributed by atoms with Crippen LogP contribution in [0.25, 0.3) is 0 Å². The zero-order valence-corrected chi connectivity index (χ0v) is 11.5. The van der Waals surface area contributed by atoms with Crippen LogP contribution in [0.2, 0.25) is 0 Å². The van der Waals surface area contributed by atoms with Gasteiger partial charge in [0.05, 0.1) is 0 Å². The third kappa shape index (κ3) is 5.90. The number of benzene rings is 1. The van der Waals surface area contributed by atoms with Gasteiger partial charge in [-0.2, -0.15) is 0 Å². The molecule has 0 heterocycles. The van der Waals surface area contributed by atoms with Crippen LogP contribution in [0.4, 0.5) is 5.69 Å². The third-order valence-electron chi connectivity index (χ3n) is 2.79. The van der Waals surface area contributed by atoms with Crippen molar-refractivity contribution in [2.45, 2.75) is 19.3 Å². The molecule has 3 N–H and O–H groups in total. The molecule has 0 fully saturated rings. The Hall–Kier alpha value is -2.04. The van der Waals surface area contributed by atoms with E-state index in [-0.39, 0.29) is 12.3 Å². The van der Waals surface area contributed by atoms with Gasteiger partial charge in [-0.25, -0.2) is 0 Å². The van der Waals surface area contributed by atoms with Crippen molar-refractivity contribution < 1.29 is 9.59 Å². The topological polar surface area (TPSA) is 75.4 Å². The number of aryl methyl sites for hydroxylation is 1. The molecule has 0 aliphatic rings. The number of hydrogen-bond acceptors (Lipinski definition) is 3. The van der Waals surface area contributed by atoms with Crippen molar-refractivity contribution in [3.63, 3.8) is 0 Å². The van der Waals surface area contributed by atoms with Crippen LogP contribution in [0.1, 0.15) is 18.4 Å². The number of rotatable bonds is 7. The van der Waals surface area contributed by atoms with E-state index in [0.29, 0.717) is 19.4 Å². The van der Waals surface area contributed by atoms with Gasteiger partial charge >= 0.3 is 0 Å². The minimum atomic E-state index is -0.403. The Balaban J connectivity index is 2.31. The van der Waals surface area contributed by atoms with Gasteiger partial charge in [0.1, 0.15) is 0 Å². The fourth-order valence-electron chi connectivity index (χ4n) is 1.63. The Kier molecular flexibility index (Phi) is 5.85. The van der Waals surface area contributed by atoms with Gasteiger partial charge < -0.3 is 16.0 Å². The number of anilines is 1. The summed E-state index contributed by atoms with van der Waals surface area (Å²) >= 11 is 0. The molecule has 19 heavy (non-hydrogen) atoms. The molecular formula is C14H21N3O2. The fraction of sp³-hybridized carbons (Fsp3) is 0.429. The molecule has 0 radical (unpaired) electrons. The highest BCUT2D eigenvalue weighted by Gasteiger charge is 2.03. The summed E-state index contributed by atoms with van der Waals surface area (Å²) in [6.07, 6.45) is 1.29. The largest absolute Gasteiger partial charge is 0.378 e. The SMILES string of the molecule is CN(C)c1ccc(CCC(=O)NCCC(N)=O)cc1. The average Bonchev–Trinajstić information content (AvgIpc) is 2.36. The number of nitrogens with one attached hydrogen (secondary N) is 1. The van der Waals surface area contributed by atoms with Crippen molar-refractivity contribution in [3.8, 4) is 0 Å². The molecule has 5 nitrogen and oxygen atoms in total. The van der Waals surface area contributed by atoms with Crippen LogP contribution in [-0.4, -0.2) is 32.5 Å². The van der Waals surface area contributed by atoms with Gasteiger partial charge in [0.25, 0.3) is 0 Å². The molecule has 0 aliphatic carbocycles. The maximum atomic E-state index is 11.5. The molecule has 0 bridgehead atoms. The third-order valence-corrected chi connectivity index (χ3v) is 2.79. The predicted octanol–water partition coefficient (Wildman–Crippen LogP) is 0.677. The van der Waals surface area contributed by atoms with E-state index in [0.717, 1.165) is 11.3 Å². The molecule has 0 unspecified atom stereocenters. The van der Waals surface area contributed by atoms with Crippen molar-refractivity contribution in [1.82, 2.24) is 5.32 Å². The van der Waals surface area contributed by atoms with E-state index in [1.165, 1.54) is 0 Å². The molecule has 0 saturated carbocycles. The molecule has 0 spiro atoms. The molecule has 104 valence electrons. The smallest absolute Gasteiger partial charge is 0.220 e. The van der Waals surface area contributed by atoms with Crippen molar-refractivity contribution in [1.29, 1.82) is 0 Å². The molecular weight excluding hydrogens is 242 g/mol. The molecule has 0 saturated heterocycles. The maximum absolute atomic E-state index is 11.5. The van der Waals surface area contributed by atoms with Crippen molar-refractivity contribution in [2.24, 2.45) is 5.73 Å². The first kappa shape index (κ1) is 15.0. The summed E-state index contributed by atoms with van der Waals surface area (Å²) in [6.45, 7) is 0.313. The summed E-state index contributed by atoms with van der Waals surface area (Å²) in [7, 11) is 3.97. The van der Waals surface area contributed by atoms with E-state index in [4.69, 9.17) is 5.73 Å². The number of amides is 2. The first-order valence-corrected chi connectivity index (χ1v) is 6.30. The van der Waals surface area contributed by atoms with Crippen LogP contribution < -0.4 is 16.0 Å². The zero-order valence-electron chi connectivity index (χ0n) is 11.5. The van der Waals surface area contributed by atoms with E-state index in [2.05, 4.69) is 5.32 Å². The van der Waals surface area contributed by atoms with Crippen LogP contribution >= 0.6 is 0 Å². The fourth-order valence-corrected chi connectivity index (χ4v) is 1.63. The van der Waals surface area contributed by atoms with Gasteiger partial charge in [-0.05, 0) is 24.1 Å². The number of carbonyl (C=O) groups excluding carboxylic acids is 2. The van der Waals surface area contributed by atoms with E-state index >= 15 is 0 Å². The summed E-state index contributed by atoms with van der Waals surface area (Å²) in [5.74, 6) is -0.461. The first-order valence-electron chi connectivity index (χ1n) is 6.30. The first-order chi connectivity index (χ1) is 8.99. The number of nitrogens with two attached hydrogens (primary N) is 1. The monoisotopic (exact) mass is 263 g/mol. The van der Waals surface area contributed by atoms with E-state index in [1.54, 1.807) is 0 Å². The van der Waals surface area contributed by atoms with Gasteiger partial charge in [0.15, 0.2) is 0 Å². The summed E-state index contributed by atoms with van der Waals surface area (Å²) in [6, 6.07) is 8.10. The van der Waals surface area contributed by atoms with Crippen molar-refractivity contribution >= 4 is 17.5 Å². The second-order valence-corrected chi connectivity index (χ2v) is 4.63. The van der Waals surface area contributed by atoms with Crippen LogP contribution in [0.3, 0.4) is 0 Å². The molecule has 1 aromatic rings. The van der Waals surface area contributed by atoms with Gasteiger partial charge in [-0.1, -0.05) is 12.1 Å². The lowest BCUT2D eigenvalue weighted by atomic mass is 10.1. The van der Waals surface area contributed by atoms with Crippen LogP contribution in [0, 0.1) is 0 Å². The highest BCUT2D eigenvalue weighted by atomic mass is 16.2. The number of primary amides is 1. The normalized spacial score (nSPS) is 10.0. The Labute approximate surface area is 113 Å². The van der Waals surface area contributed by atoms with E-state index in [1.807, 2.05) is 43.3 Å². The van der Waals surface area contributed by atoms with E-state index < -0.39 is 5.91 Å². The summed E-state index contributed by atoms with van der Waals surface area (Å²) < 4.78 is 0. The number of nitrogens with zero attached hydrogens (tertiary/aromatic N) is 1. The molecule has 5 heteroatoms. The Morgan fingerprint density at radius 3 is 2.32 bits per heavy atom. The minimum Gasteiger partial charge on any atom is -0.378 e. The molecule has 0 aliphatic heterocycles. The van der Waals surface area contributed by atoms with Crippen LogP contribution in [0.15, 0.2) is 24.3 Å². The average molecular weight is 263 g/mol. The lowest BCUT2D eigenvalue weighted by molar-refractivity contribution is -0.121. The lowest BCUT2D eigenvalue weighted by Gasteiger charge is -2.12. The quantitative estimate of drug-likeness (QED) is 0.759. The second-order valence-electron chi connectivity index (χ2n) is 4.63. The van der Waals surface area contributed by atoms with Gasteiger partial charge in [-0.15, -0.1) is 0 Å².